The van der Waals surface area contributed by atoms with Crippen LogP contribution in [-0.4, -0.2) is 102 Å². The number of hydrogen-bond donors (Lipinski definition) is 3. The van der Waals surface area contributed by atoms with E-state index >= 15 is 0 Å². The maximum Gasteiger partial charge on any atom is 0.410 e. The lowest BCUT2D eigenvalue weighted by Crippen LogP contribution is -2.70. The molecule has 1 aliphatic heterocycles. The molecule has 390 valence electrons. The Balaban J connectivity index is 1.44. The molecule has 6 rings (SSSR count). The number of ether oxygens (including phenoxy) is 5. The molecule has 1 saturated carbocycles. The van der Waals surface area contributed by atoms with Crippen molar-refractivity contribution in [3.63, 3.8) is 0 Å². The summed E-state index contributed by atoms with van der Waals surface area (Å²) in [5.74, 6) is -0.827. The summed E-state index contributed by atoms with van der Waals surface area (Å²) in [6.07, 6.45) is 19.9. The molecule has 3 aliphatic rings. The number of carbonyl (C=O) groups is 1. The molecular formula is C58H83N3O10. The van der Waals surface area contributed by atoms with Crippen LogP contribution in [0, 0.1) is 24.7 Å². The van der Waals surface area contributed by atoms with Gasteiger partial charge in [-0.2, -0.15) is 0 Å². The van der Waals surface area contributed by atoms with Crippen molar-refractivity contribution >= 4 is 11.8 Å². The molecule has 71 heavy (non-hydrogen) atoms. The number of nitrogens with zero attached hydrogens (tertiary/aromatic N) is 3. The number of rotatable bonds is 34. The summed E-state index contributed by atoms with van der Waals surface area (Å²) in [4.78, 5) is 27.5. The highest BCUT2D eigenvalue weighted by Gasteiger charge is 2.65. The quantitative estimate of drug-likeness (QED) is 0.0297. The predicted molar refractivity (Wildman–Crippen MR) is 277 cm³/mol. The Kier molecular flexibility index (Phi) is 23.7. The molecule has 0 radical (unpaired) electrons. The van der Waals surface area contributed by atoms with Crippen molar-refractivity contribution < 1.29 is 48.6 Å². The molecule has 3 aromatic rings. The normalized spacial score (nSPS) is 21.7. The number of benzene rings is 2. The van der Waals surface area contributed by atoms with Gasteiger partial charge in [-0.3, -0.25) is 9.88 Å². The predicted octanol–water partition coefficient (Wildman–Crippen LogP) is 11.2. The number of fused-ring (bicyclic) bond motifs is 2. The topological polar surface area (TPSA) is 162 Å². The van der Waals surface area contributed by atoms with E-state index < -0.39 is 23.8 Å². The third-order valence-corrected chi connectivity index (χ3v) is 14.3. The molecule has 6 atom stereocenters. The highest BCUT2D eigenvalue weighted by Crippen LogP contribution is 2.62. The van der Waals surface area contributed by atoms with Crippen LogP contribution in [0.15, 0.2) is 96.2 Å². The lowest BCUT2D eigenvalue weighted by atomic mass is 9.55. The van der Waals surface area contributed by atoms with Gasteiger partial charge < -0.3 is 43.8 Å². The molecule has 0 bridgehead atoms. The van der Waals surface area contributed by atoms with E-state index in [1.165, 1.54) is 44.9 Å². The summed E-state index contributed by atoms with van der Waals surface area (Å²) in [6.45, 7) is 9.62. The molecule has 13 heteroatoms. The first-order valence-corrected chi connectivity index (χ1v) is 26.8. The van der Waals surface area contributed by atoms with Crippen LogP contribution in [0.1, 0.15) is 145 Å². The van der Waals surface area contributed by atoms with Crippen molar-refractivity contribution in [2.75, 3.05) is 52.8 Å². The van der Waals surface area contributed by atoms with Crippen LogP contribution >= 0.6 is 0 Å². The van der Waals surface area contributed by atoms with Gasteiger partial charge in [0.15, 0.2) is 0 Å². The van der Waals surface area contributed by atoms with Crippen LogP contribution in [0.25, 0.3) is 0 Å². The third kappa shape index (κ3) is 15.9. The van der Waals surface area contributed by atoms with Gasteiger partial charge in [-0.15, -0.1) is 6.58 Å². The number of oxime groups is 1. The zero-order valence-electron chi connectivity index (χ0n) is 42.7. The van der Waals surface area contributed by atoms with Crippen LogP contribution in [0.4, 0.5) is 4.79 Å². The van der Waals surface area contributed by atoms with Crippen molar-refractivity contribution in [1.29, 1.82) is 0 Å². The number of pyridine rings is 1. The van der Waals surface area contributed by atoms with Crippen molar-refractivity contribution in [3.05, 3.63) is 114 Å². The van der Waals surface area contributed by atoms with E-state index in [4.69, 9.17) is 33.7 Å². The molecule has 2 aromatic carbocycles. The minimum atomic E-state index is -1.47. The zero-order valence-corrected chi connectivity index (χ0v) is 42.7. The van der Waals surface area contributed by atoms with Gasteiger partial charge in [0.25, 0.3) is 0 Å². The maximum absolute atomic E-state index is 14.9. The average molecular weight is 982 g/mol. The van der Waals surface area contributed by atoms with Gasteiger partial charge in [-0.05, 0) is 92.3 Å². The monoisotopic (exact) mass is 982 g/mol. The van der Waals surface area contributed by atoms with Crippen molar-refractivity contribution in [1.82, 2.24) is 9.88 Å². The highest BCUT2D eigenvalue weighted by molar-refractivity contribution is 6.03. The van der Waals surface area contributed by atoms with E-state index in [0.29, 0.717) is 30.1 Å². The molecular weight excluding hydrogens is 899 g/mol. The fraction of sp³-hybridized carbons (Fsp3) is 0.603. The number of aromatic nitrogens is 1. The number of amides is 1. The van der Waals surface area contributed by atoms with Crippen molar-refractivity contribution in [2.24, 2.45) is 22.9 Å². The van der Waals surface area contributed by atoms with E-state index in [1.807, 2.05) is 67.6 Å². The number of allylic oxidation sites excluding steroid dienone is 1. The van der Waals surface area contributed by atoms with Crippen LogP contribution in [0.2, 0.25) is 0 Å². The molecule has 2 heterocycles. The van der Waals surface area contributed by atoms with Gasteiger partial charge >= 0.3 is 6.09 Å². The molecule has 3 N–H and O–H groups in total. The number of aliphatic hydroxyl groups is 3. The first-order valence-electron chi connectivity index (χ1n) is 26.8. The molecule has 0 unspecified atom stereocenters. The molecule has 1 fully saturated rings. The Bertz CT molecular complexity index is 2100. The first-order chi connectivity index (χ1) is 34.9. The SMILES string of the molecule is C=CCO[C@@]12Oc3ccc(OCc4cccc(C)n4)cc3[C@H]3[C@H](CCCCO)[C@@H](CCCCO)C=C(C(=NOCc4ccccc4)C[C@@H]1N(CCOCCO)C(=O)OCCCCCCCCCCCC)[C@H]32. The maximum atomic E-state index is 14.9. The van der Waals surface area contributed by atoms with Crippen LogP contribution in [-0.2, 0) is 32.3 Å². The van der Waals surface area contributed by atoms with Crippen molar-refractivity contribution in [2.45, 2.75) is 154 Å². The number of unbranched alkanes of at least 4 members (excludes halogenated alkanes) is 11. The Morgan fingerprint density at radius 2 is 1.59 bits per heavy atom. The Morgan fingerprint density at radius 3 is 2.31 bits per heavy atom. The Morgan fingerprint density at radius 1 is 0.845 bits per heavy atom. The standard InChI is InChI=1S/C58H83N3O10/c1-4-6-7-8-9-10-11-12-13-21-36-67-57(65)61(31-37-66-38-34-64)54-41-52(60-70-42-45-24-15-14-16-25-45)50-39-46(26-17-19-32-62)49(28-18-20-33-63)55-51-40-48(68-43-47-27-22-23-44(3)59-47)29-30-53(51)71-58(54,56(50)55)69-35-5-2/h5,14-16,22-25,27,29-30,39-40,46,49,54-56,62-64H,2,4,6-13,17-21,26,28,31-38,41-43H2,1,3H3/t46-,49+,54-,55+,56+,58+/m0/s1. The fourth-order valence-electron chi connectivity index (χ4n) is 10.9. The van der Waals surface area contributed by atoms with Gasteiger partial charge in [0, 0.05) is 43.4 Å². The number of aliphatic hydroxyl groups excluding tert-OH is 3. The molecule has 2 aliphatic carbocycles. The van der Waals surface area contributed by atoms with Gasteiger partial charge in [-0.1, -0.05) is 131 Å². The van der Waals surface area contributed by atoms with E-state index in [-0.39, 0.29) is 90.2 Å². The minimum Gasteiger partial charge on any atom is -0.487 e. The number of hydrogen-bond acceptors (Lipinski definition) is 12. The third-order valence-electron chi connectivity index (χ3n) is 14.3. The summed E-state index contributed by atoms with van der Waals surface area (Å²) in [6, 6.07) is 21.0. The largest absolute Gasteiger partial charge is 0.487 e. The molecule has 13 nitrogen and oxygen atoms in total. The van der Waals surface area contributed by atoms with Gasteiger partial charge in [0.05, 0.1) is 50.4 Å². The van der Waals surface area contributed by atoms with Gasteiger partial charge in [0.1, 0.15) is 30.8 Å². The van der Waals surface area contributed by atoms with Crippen LogP contribution in [0.5, 0.6) is 11.5 Å². The molecule has 0 spiro atoms. The van der Waals surface area contributed by atoms with E-state index in [1.54, 1.807) is 11.0 Å². The van der Waals surface area contributed by atoms with E-state index in [9.17, 15) is 20.1 Å². The number of aryl methyl sites for hydroxylation is 1. The van der Waals surface area contributed by atoms with Crippen LogP contribution < -0.4 is 9.47 Å². The zero-order chi connectivity index (χ0) is 50.1. The lowest BCUT2D eigenvalue weighted by molar-refractivity contribution is -0.256. The van der Waals surface area contributed by atoms with E-state index in [0.717, 1.165) is 73.0 Å². The second-order valence-corrected chi connectivity index (χ2v) is 19.4. The average Bonchev–Trinajstić information content (AvgIpc) is 3.38. The lowest BCUT2D eigenvalue weighted by Gasteiger charge is -2.59. The number of carbonyl (C=O) groups excluding carboxylic acids is 1. The molecule has 0 saturated heterocycles. The summed E-state index contributed by atoms with van der Waals surface area (Å²) >= 11 is 0. The molecule has 1 aromatic heterocycles. The first kappa shape index (κ1) is 55.5. The summed E-state index contributed by atoms with van der Waals surface area (Å²) in [5, 5.41) is 34.8. The summed E-state index contributed by atoms with van der Waals surface area (Å²) < 4.78 is 33.2. The molecule has 1 amide bonds. The Labute approximate surface area is 423 Å². The Hall–Kier alpha value is -4.79. The van der Waals surface area contributed by atoms with Crippen LogP contribution in [0.3, 0.4) is 0 Å². The second-order valence-electron chi connectivity index (χ2n) is 19.4. The minimum absolute atomic E-state index is 0.0342. The van der Waals surface area contributed by atoms with Crippen molar-refractivity contribution in [3.8, 4) is 11.5 Å². The summed E-state index contributed by atoms with van der Waals surface area (Å²) in [7, 11) is 0. The summed E-state index contributed by atoms with van der Waals surface area (Å²) in [5.41, 5.74) is 5.28. The smallest absolute Gasteiger partial charge is 0.410 e. The van der Waals surface area contributed by atoms with Gasteiger partial charge in [0.2, 0.25) is 5.79 Å². The fourth-order valence-corrected chi connectivity index (χ4v) is 10.9. The highest BCUT2D eigenvalue weighted by atomic mass is 16.7. The second kappa shape index (κ2) is 30.3. The van der Waals surface area contributed by atoms with E-state index in [2.05, 4.69) is 30.6 Å². The van der Waals surface area contributed by atoms with Gasteiger partial charge in [-0.25, -0.2) is 4.79 Å².